The molecule has 80 valence electrons. The van der Waals surface area contributed by atoms with E-state index >= 15 is 0 Å². The number of carbonyl (C=O) groups excluding carboxylic acids is 1. The first-order chi connectivity index (χ1) is 7.75. The zero-order valence-corrected chi connectivity index (χ0v) is 8.55. The van der Waals surface area contributed by atoms with E-state index in [2.05, 4.69) is 5.43 Å². The molecule has 1 amide bonds. The van der Waals surface area contributed by atoms with Gasteiger partial charge >= 0.3 is 0 Å². The molecule has 1 aromatic heterocycles. The summed E-state index contributed by atoms with van der Waals surface area (Å²) in [5, 5.41) is 1.14. The highest BCUT2D eigenvalue weighted by Crippen LogP contribution is 2.22. The summed E-state index contributed by atoms with van der Waals surface area (Å²) in [5.41, 5.74) is 10.5. The Morgan fingerprint density at radius 1 is 1.38 bits per heavy atom. The Labute approximate surface area is 92.3 Å². The van der Waals surface area contributed by atoms with E-state index in [0.29, 0.717) is 0 Å². The number of benzene rings is 1. The van der Waals surface area contributed by atoms with Gasteiger partial charge in [-0.05, 0) is 6.07 Å². The third-order valence-corrected chi connectivity index (χ3v) is 2.80. The molecular formula is C12H11N3O. The molecular weight excluding hydrogens is 202 g/mol. The highest BCUT2D eigenvalue weighted by Gasteiger charge is 2.16. The molecule has 0 aliphatic carbocycles. The van der Waals surface area contributed by atoms with Crippen LogP contribution >= 0.6 is 0 Å². The van der Waals surface area contributed by atoms with Crippen LogP contribution in [0.15, 0.2) is 36.5 Å². The Morgan fingerprint density at radius 3 is 3.06 bits per heavy atom. The third-order valence-electron chi connectivity index (χ3n) is 2.80. The van der Waals surface area contributed by atoms with Crippen molar-refractivity contribution in [1.29, 1.82) is 0 Å². The molecule has 0 bridgehead atoms. The van der Waals surface area contributed by atoms with Crippen LogP contribution in [0.4, 0.5) is 0 Å². The fraction of sp³-hybridized carbons (Fsp3) is 0.0833. The zero-order chi connectivity index (χ0) is 11.1. The number of hydrogen-bond donors (Lipinski definition) is 2. The number of para-hydroxylation sites is 1. The Balaban J connectivity index is 2.24. The molecule has 1 aromatic carbocycles. The van der Waals surface area contributed by atoms with Crippen LogP contribution in [-0.4, -0.2) is 16.6 Å². The van der Waals surface area contributed by atoms with E-state index in [1.54, 1.807) is 6.08 Å². The SMILES string of the molecule is NC(=O)C1C=Cc2cccc3ccn(c23)N1. The lowest BCUT2D eigenvalue weighted by Crippen LogP contribution is -2.37. The van der Waals surface area contributed by atoms with E-state index in [-0.39, 0.29) is 5.91 Å². The maximum atomic E-state index is 11.2. The molecule has 1 aliphatic rings. The van der Waals surface area contributed by atoms with E-state index in [4.69, 9.17) is 5.73 Å². The standard InChI is InChI=1S/C12H11N3O/c13-12(16)10-5-4-8-2-1-3-9-6-7-15(14-10)11(8)9/h1-7,10,14H,(H2,13,16). The third kappa shape index (κ3) is 1.20. The van der Waals surface area contributed by atoms with Gasteiger partial charge in [-0.2, -0.15) is 0 Å². The summed E-state index contributed by atoms with van der Waals surface area (Å²) in [6.07, 6.45) is 5.61. The molecule has 1 atom stereocenters. The molecule has 3 N–H and O–H groups in total. The Hall–Kier alpha value is -2.23. The summed E-state index contributed by atoms with van der Waals surface area (Å²) in [5.74, 6) is -0.383. The molecule has 0 saturated heterocycles. The van der Waals surface area contributed by atoms with Crippen LogP contribution in [0.5, 0.6) is 0 Å². The molecule has 2 aromatic rings. The number of aromatic nitrogens is 1. The molecule has 16 heavy (non-hydrogen) atoms. The van der Waals surface area contributed by atoms with Crippen LogP contribution in [-0.2, 0) is 4.79 Å². The van der Waals surface area contributed by atoms with Crippen molar-refractivity contribution in [3.05, 3.63) is 42.1 Å². The summed E-state index contributed by atoms with van der Waals surface area (Å²) in [6, 6.07) is 7.58. The number of nitrogens with zero attached hydrogens (tertiary/aromatic N) is 1. The second-order valence-corrected chi connectivity index (χ2v) is 3.84. The lowest BCUT2D eigenvalue weighted by atomic mass is 10.1. The summed E-state index contributed by atoms with van der Waals surface area (Å²) in [7, 11) is 0. The fourth-order valence-electron chi connectivity index (χ4n) is 2.02. The predicted octanol–water partition coefficient (Wildman–Crippen LogP) is 1.07. The highest BCUT2D eigenvalue weighted by atomic mass is 16.1. The van der Waals surface area contributed by atoms with E-state index in [1.807, 2.05) is 41.2 Å². The number of amides is 1. The van der Waals surface area contributed by atoms with Gasteiger partial charge in [0.25, 0.3) is 0 Å². The van der Waals surface area contributed by atoms with Crippen LogP contribution in [0.3, 0.4) is 0 Å². The molecule has 4 heteroatoms. The number of nitrogens with two attached hydrogens (primary N) is 1. The molecule has 4 nitrogen and oxygen atoms in total. The van der Waals surface area contributed by atoms with Crippen molar-refractivity contribution in [3.8, 4) is 0 Å². The average molecular weight is 213 g/mol. The minimum Gasteiger partial charge on any atom is -0.368 e. The molecule has 0 saturated carbocycles. The van der Waals surface area contributed by atoms with Crippen LogP contribution in [0.25, 0.3) is 17.0 Å². The topological polar surface area (TPSA) is 60.1 Å². The second kappa shape index (κ2) is 3.13. The first-order valence-electron chi connectivity index (χ1n) is 5.10. The van der Waals surface area contributed by atoms with Gasteiger partial charge in [0.1, 0.15) is 6.04 Å². The second-order valence-electron chi connectivity index (χ2n) is 3.84. The Kier molecular flexibility index (Phi) is 1.77. The average Bonchev–Trinajstić information content (AvgIpc) is 2.56. The molecule has 0 spiro atoms. The number of nitrogens with one attached hydrogen (secondary N) is 1. The zero-order valence-electron chi connectivity index (χ0n) is 8.55. The summed E-state index contributed by atoms with van der Waals surface area (Å²) in [4.78, 5) is 11.2. The van der Waals surface area contributed by atoms with Gasteiger partial charge in [0.2, 0.25) is 5.91 Å². The fourth-order valence-corrected chi connectivity index (χ4v) is 2.02. The van der Waals surface area contributed by atoms with Crippen LogP contribution < -0.4 is 11.2 Å². The number of hydrogen-bond acceptors (Lipinski definition) is 2. The first-order valence-corrected chi connectivity index (χ1v) is 5.10. The van der Waals surface area contributed by atoms with Gasteiger partial charge in [0.15, 0.2) is 0 Å². The maximum Gasteiger partial charge on any atom is 0.245 e. The summed E-state index contributed by atoms with van der Waals surface area (Å²) >= 11 is 0. The van der Waals surface area contributed by atoms with Crippen molar-refractivity contribution in [2.24, 2.45) is 5.73 Å². The van der Waals surface area contributed by atoms with Crippen molar-refractivity contribution in [1.82, 2.24) is 4.68 Å². The van der Waals surface area contributed by atoms with Crippen molar-refractivity contribution in [2.45, 2.75) is 6.04 Å². The number of rotatable bonds is 1. The largest absolute Gasteiger partial charge is 0.368 e. The Morgan fingerprint density at radius 2 is 2.25 bits per heavy atom. The maximum absolute atomic E-state index is 11.2. The summed E-state index contributed by atoms with van der Waals surface area (Å²) in [6.45, 7) is 0. The number of primary amides is 1. The highest BCUT2D eigenvalue weighted by molar-refractivity contribution is 5.92. The lowest BCUT2D eigenvalue weighted by Gasteiger charge is -2.13. The summed E-state index contributed by atoms with van der Waals surface area (Å²) < 4.78 is 1.85. The van der Waals surface area contributed by atoms with Gasteiger partial charge in [0.05, 0.1) is 5.52 Å². The minimum atomic E-state index is -0.469. The molecule has 3 rings (SSSR count). The van der Waals surface area contributed by atoms with Crippen molar-refractivity contribution in [3.63, 3.8) is 0 Å². The molecule has 0 radical (unpaired) electrons. The predicted molar refractivity (Wildman–Crippen MR) is 63.3 cm³/mol. The first kappa shape index (κ1) is 9.03. The number of carbonyl (C=O) groups is 1. The van der Waals surface area contributed by atoms with Gasteiger partial charge in [-0.25, -0.2) is 0 Å². The Bertz CT molecular complexity index is 597. The molecule has 1 aliphatic heterocycles. The van der Waals surface area contributed by atoms with Gasteiger partial charge in [-0.15, -0.1) is 0 Å². The van der Waals surface area contributed by atoms with E-state index < -0.39 is 6.04 Å². The molecule has 1 unspecified atom stereocenters. The van der Waals surface area contributed by atoms with Gasteiger partial charge < -0.3 is 11.2 Å². The van der Waals surface area contributed by atoms with Crippen LogP contribution in [0.1, 0.15) is 5.56 Å². The smallest absolute Gasteiger partial charge is 0.245 e. The van der Waals surface area contributed by atoms with Crippen molar-refractivity contribution < 1.29 is 4.79 Å². The van der Waals surface area contributed by atoms with Crippen LogP contribution in [0.2, 0.25) is 0 Å². The lowest BCUT2D eigenvalue weighted by molar-refractivity contribution is -0.118. The normalized spacial score (nSPS) is 18.1. The van der Waals surface area contributed by atoms with Gasteiger partial charge in [-0.1, -0.05) is 30.4 Å². The molecule has 2 heterocycles. The van der Waals surface area contributed by atoms with Crippen molar-refractivity contribution in [2.75, 3.05) is 5.43 Å². The quantitative estimate of drug-likeness (QED) is 0.744. The van der Waals surface area contributed by atoms with E-state index in [9.17, 15) is 4.79 Å². The van der Waals surface area contributed by atoms with Crippen LogP contribution in [0, 0.1) is 0 Å². The van der Waals surface area contributed by atoms with Gasteiger partial charge in [0, 0.05) is 17.1 Å². The monoisotopic (exact) mass is 213 g/mol. The minimum absolute atomic E-state index is 0.383. The molecule has 0 fully saturated rings. The van der Waals surface area contributed by atoms with E-state index in [0.717, 1.165) is 16.5 Å². The van der Waals surface area contributed by atoms with Crippen molar-refractivity contribution >= 4 is 22.9 Å². The van der Waals surface area contributed by atoms with Gasteiger partial charge in [-0.3, -0.25) is 9.47 Å². The van der Waals surface area contributed by atoms with E-state index in [1.165, 1.54) is 0 Å².